The standard InChI is InChI=1S/C12H19N3O3S2/c1-8-9(2)19-11(14-8)6-13-12(16)15-5-4-10(7-15)20(3,17)18/h10H,4-7H2,1-3H3,(H,13,16). The number of rotatable bonds is 3. The first kappa shape index (κ1) is 15.2. The number of carbonyl (C=O) groups excluding carboxylic acids is 1. The number of nitrogens with one attached hydrogen (secondary N) is 1. The molecule has 0 bridgehead atoms. The summed E-state index contributed by atoms with van der Waals surface area (Å²) in [5, 5.41) is 3.23. The minimum absolute atomic E-state index is 0.221. The molecule has 20 heavy (non-hydrogen) atoms. The smallest absolute Gasteiger partial charge is 0.317 e. The Hall–Kier alpha value is -1.15. The van der Waals surface area contributed by atoms with Crippen LogP contribution < -0.4 is 5.32 Å². The summed E-state index contributed by atoms with van der Waals surface area (Å²) >= 11 is 1.56. The lowest BCUT2D eigenvalue weighted by Gasteiger charge is -2.16. The van der Waals surface area contributed by atoms with Gasteiger partial charge >= 0.3 is 6.03 Å². The molecule has 0 aromatic carbocycles. The van der Waals surface area contributed by atoms with E-state index < -0.39 is 15.1 Å². The second kappa shape index (κ2) is 5.69. The third-order valence-electron chi connectivity index (χ3n) is 3.50. The maximum atomic E-state index is 12.0. The maximum absolute atomic E-state index is 12.0. The lowest BCUT2D eigenvalue weighted by molar-refractivity contribution is 0.208. The first-order valence-electron chi connectivity index (χ1n) is 6.42. The van der Waals surface area contributed by atoms with Gasteiger partial charge in [0.15, 0.2) is 9.84 Å². The van der Waals surface area contributed by atoms with Crippen LogP contribution in [0, 0.1) is 13.8 Å². The van der Waals surface area contributed by atoms with Gasteiger partial charge in [0.05, 0.1) is 17.5 Å². The van der Waals surface area contributed by atoms with Gasteiger partial charge in [0.2, 0.25) is 0 Å². The van der Waals surface area contributed by atoms with E-state index in [9.17, 15) is 13.2 Å². The van der Waals surface area contributed by atoms with E-state index in [1.165, 1.54) is 6.26 Å². The van der Waals surface area contributed by atoms with Crippen LogP contribution >= 0.6 is 11.3 Å². The van der Waals surface area contributed by atoms with E-state index in [-0.39, 0.29) is 12.6 Å². The molecule has 1 aliphatic heterocycles. The number of sulfone groups is 1. The zero-order chi connectivity index (χ0) is 14.9. The van der Waals surface area contributed by atoms with Crippen molar-refractivity contribution in [3.63, 3.8) is 0 Å². The number of hydrogen-bond acceptors (Lipinski definition) is 5. The summed E-state index contributed by atoms with van der Waals surface area (Å²) in [7, 11) is -3.07. The van der Waals surface area contributed by atoms with Crippen molar-refractivity contribution in [3.05, 3.63) is 15.6 Å². The molecule has 2 rings (SSSR count). The van der Waals surface area contributed by atoms with Crippen LogP contribution in [0.2, 0.25) is 0 Å². The van der Waals surface area contributed by atoms with Crippen LogP contribution in [0.1, 0.15) is 22.0 Å². The molecule has 0 radical (unpaired) electrons. The molecule has 1 fully saturated rings. The Bertz CT molecular complexity index is 590. The van der Waals surface area contributed by atoms with Gasteiger partial charge in [-0.05, 0) is 20.3 Å². The summed E-state index contributed by atoms with van der Waals surface area (Å²) in [4.78, 5) is 19.0. The Labute approximate surface area is 123 Å². The van der Waals surface area contributed by atoms with Crippen molar-refractivity contribution in [2.24, 2.45) is 0 Å². The van der Waals surface area contributed by atoms with Gasteiger partial charge in [-0.1, -0.05) is 0 Å². The molecule has 0 spiro atoms. The minimum Gasteiger partial charge on any atom is -0.331 e. The van der Waals surface area contributed by atoms with Crippen LogP contribution in [0.3, 0.4) is 0 Å². The fourth-order valence-corrected chi connectivity index (χ4v) is 4.00. The second-order valence-corrected chi connectivity index (χ2v) is 8.71. The molecule has 8 heteroatoms. The van der Waals surface area contributed by atoms with Crippen molar-refractivity contribution in [3.8, 4) is 0 Å². The molecular formula is C12H19N3O3S2. The van der Waals surface area contributed by atoms with Crippen molar-refractivity contribution in [2.45, 2.75) is 32.1 Å². The topological polar surface area (TPSA) is 79.4 Å². The molecule has 1 aliphatic rings. The maximum Gasteiger partial charge on any atom is 0.317 e. The molecule has 1 aromatic heterocycles. The quantitative estimate of drug-likeness (QED) is 0.905. The van der Waals surface area contributed by atoms with Gasteiger partial charge in [0.25, 0.3) is 0 Å². The zero-order valence-electron chi connectivity index (χ0n) is 11.8. The van der Waals surface area contributed by atoms with Crippen molar-refractivity contribution >= 4 is 27.2 Å². The summed E-state index contributed by atoms with van der Waals surface area (Å²) in [5.74, 6) is 0. The fourth-order valence-electron chi connectivity index (χ4n) is 2.14. The molecule has 0 aliphatic carbocycles. The third-order valence-corrected chi connectivity index (χ3v) is 6.17. The van der Waals surface area contributed by atoms with Crippen LogP contribution in [0.25, 0.3) is 0 Å². The predicted molar refractivity (Wildman–Crippen MR) is 78.6 cm³/mol. The lowest BCUT2D eigenvalue weighted by atomic mass is 10.4. The van der Waals surface area contributed by atoms with Crippen LogP contribution in [-0.2, 0) is 16.4 Å². The minimum atomic E-state index is -3.07. The van der Waals surface area contributed by atoms with Crippen LogP contribution in [0.4, 0.5) is 4.79 Å². The highest BCUT2D eigenvalue weighted by atomic mass is 32.2. The predicted octanol–water partition coefficient (Wildman–Crippen LogP) is 1.09. The van der Waals surface area contributed by atoms with Crippen LogP contribution in [0.5, 0.6) is 0 Å². The van der Waals surface area contributed by atoms with Crippen LogP contribution in [0.15, 0.2) is 0 Å². The Morgan fingerprint density at radius 3 is 2.70 bits per heavy atom. The summed E-state index contributed by atoms with van der Waals surface area (Å²) in [6, 6.07) is -0.221. The highest BCUT2D eigenvalue weighted by Gasteiger charge is 2.32. The van der Waals surface area contributed by atoms with E-state index in [0.717, 1.165) is 15.6 Å². The Morgan fingerprint density at radius 2 is 2.20 bits per heavy atom. The number of amides is 2. The second-order valence-electron chi connectivity index (χ2n) is 5.09. The Morgan fingerprint density at radius 1 is 1.50 bits per heavy atom. The number of hydrogen-bond donors (Lipinski definition) is 1. The van der Waals surface area contributed by atoms with Gasteiger partial charge in [-0.2, -0.15) is 0 Å². The van der Waals surface area contributed by atoms with Gasteiger partial charge in [-0.25, -0.2) is 18.2 Å². The molecule has 1 aromatic rings. The van der Waals surface area contributed by atoms with Gasteiger partial charge in [-0.3, -0.25) is 0 Å². The summed E-state index contributed by atoms with van der Waals surface area (Å²) < 4.78 is 22.9. The summed E-state index contributed by atoms with van der Waals surface area (Å²) in [5.41, 5.74) is 0.984. The number of aromatic nitrogens is 1. The van der Waals surface area contributed by atoms with E-state index in [2.05, 4.69) is 10.3 Å². The monoisotopic (exact) mass is 317 g/mol. The molecule has 1 atom stereocenters. The van der Waals surface area contributed by atoms with Crippen molar-refractivity contribution in [1.29, 1.82) is 0 Å². The molecule has 0 saturated carbocycles. The first-order valence-corrected chi connectivity index (χ1v) is 9.19. The third kappa shape index (κ3) is 3.49. The van der Waals surface area contributed by atoms with E-state index in [1.54, 1.807) is 16.2 Å². The summed E-state index contributed by atoms with van der Waals surface area (Å²) in [6.45, 7) is 5.09. The van der Waals surface area contributed by atoms with Gasteiger partial charge in [0.1, 0.15) is 5.01 Å². The molecule has 2 heterocycles. The molecule has 1 N–H and O–H groups in total. The molecule has 2 amide bonds. The number of aryl methyl sites for hydroxylation is 2. The average molecular weight is 317 g/mol. The number of urea groups is 1. The summed E-state index contributed by atoms with van der Waals surface area (Å²) in [6.07, 6.45) is 1.74. The number of nitrogens with zero attached hydrogens (tertiary/aromatic N) is 2. The van der Waals surface area contributed by atoms with Crippen molar-refractivity contribution in [1.82, 2.24) is 15.2 Å². The molecule has 1 saturated heterocycles. The normalized spacial score (nSPS) is 19.4. The molecular weight excluding hydrogens is 298 g/mol. The van der Waals surface area contributed by atoms with Crippen LogP contribution in [-0.4, -0.2) is 48.9 Å². The van der Waals surface area contributed by atoms with Gasteiger partial charge in [-0.15, -0.1) is 11.3 Å². The zero-order valence-corrected chi connectivity index (χ0v) is 13.5. The SMILES string of the molecule is Cc1nc(CNC(=O)N2CCC(S(C)(=O)=O)C2)sc1C. The van der Waals surface area contributed by atoms with E-state index in [4.69, 9.17) is 0 Å². The number of likely N-dealkylation sites (tertiary alicyclic amines) is 1. The Kier molecular flexibility index (Phi) is 4.33. The van der Waals surface area contributed by atoms with E-state index in [0.29, 0.717) is 19.5 Å². The highest BCUT2D eigenvalue weighted by Crippen LogP contribution is 2.18. The first-order chi connectivity index (χ1) is 9.27. The van der Waals surface area contributed by atoms with Gasteiger partial charge < -0.3 is 10.2 Å². The number of carbonyl (C=O) groups is 1. The van der Waals surface area contributed by atoms with E-state index >= 15 is 0 Å². The molecule has 1 unspecified atom stereocenters. The van der Waals surface area contributed by atoms with Gasteiger partial charge in [0, 0.05) is 24.2 Å². The number of thiazole rings is 1. The van der Waals surface area contributed by atoms with Crippen molar-refractivity contribution < 1.29 is 13.2 Å². The molecule has 6 nitrogen and oxygen atoms in total. The largest absolute Gasteiger partial charge is 0.331 e. The lowest BCUT2D eigenvalue weighted by Crippen LogP contribution is -2.39. The average Bonchev–Trinajstić information content (AvgIpc) is 2.94. The highest BCUT2D eigenvalue weighted by molar-refractivity contribution is 7.91. The fraction of sp³-hybridized carbons (Fsp3) is 0.667. The van der Waals surface area contributed by atoms with Crippen molar-refractivity contribution in [2.75, 3.05) is 19.3 Å². The Balaban J connectivity index is 1.87. The van der Waals surface area contributed by atoms with E-state index in [1.807, 2.05) is 13.8 Å². The molecule has 112 valence electrons.